The van der Waals surface area contributed by atoms with Gasteiger partial charge in [0.05, 0.1) is 0 Å². The Bertz CT molecular complexity index is 630. The lowest BCUT2D eigenvalue weighted by atomic mass is 9.97. The van der Waals surface area contributed by atoms with Gasteiger partial charge in [0.2, 0.25) is 5.91 Å². The van der Waals surface area contributed by atoms with Gasteiger partial charge < -0.3 is 5.73 Å². The van der Waals surface area contributed by atoms with Crippen LogP contribution in [0.1, 0.15) is 10.4 Å². The number of ketones is 1. The Morgan fingerprint density at radius 2 is 1.47 bits per heavy atom. The number of primary amides is 1. The maximum atomic E-state index is 12.0. The molecular weight excluding hydrogens is 238 g/mol. The Kier molecular flexibility index (Phi) is 3.88. The Balaban J connectivity index is 2.42. The van der Waals surface area contributed by atoms with Crippen LogP contribution in [0.5, 0.6) is 0 Å². The lowest BCUT2D eigenvalue weighted by Gasteiger charge is -2.06. The van der Waals surface area contributed by atoms with Crippen molar-refractivity contribution in [3.8, 4) is 11.1 Å². The summed E-state index contributed by atoms with van der Waals surface area (Å²) in [5.74, 6) is -0.871. The smallest absolute Gasteiger partial charge is 0.241 e. The van der Waals surface area contributed by atoms with E-state index in [9.17, 15) is 9.59 Å². The van der Waals surface area contributed by atoms with Crippen molar-refractivity contribution >= 4 is 11.7 Å². The highest BCUT2D eigenvalue weighted by molar-refractivity contribution is 6.11. The maximum absolute atomic E-state index is 12.0. The van der Waals surface area contributed by atoms with Crippen LogP contribution in [0, 0.1) is 0 Å². The molecule has 0 aliphatic rings. The van der Waals surface area contributed by atoms with Crippen molar-refractivity contribution in [2.75, 3.05) is 0 Å². The van der Waals surface area contributed by atoms with Crippen LogP contribution >= 0.6 is 0 Å². The van der Waals surface area contributed by atoms with Crippen molar-refractivity contribution in [2.24, 2.45) is 5.73 Å². The molecule has 0 radical (unpaired) electrons. The lowest BCUT2D eigenvalue weighted by Crippen LogP contribution is -2.07. The molecular formula is C16H13NO2. The molecule has 0 saturated carbocycles. The third-order valence-corrected chi connectivity index (χ3v) is 2.68. The first-order valence-corrected chi connectivity index (χ1v) is 5.85. The molecule has 19 heavy (non-hydrogen) atoms. The number of allylic oxidation sites excluding steroid dienone is 1. The number of carbonyl (C=O) groups excluding carboxylic acids is 2. The third kappa shape index (κ3) is 3.16. The van der Waals surface area contributed by atoms with Crippen LogP contribution in [0.15, 0.2) is 66.7 Å². The van der Waals surface area contributed by atoms with Crippen LogP contribution in [0.3, 0.4) is 0 Å². The molecule has 2 aromatic rings. The van der Waals surface area contributed by atoms with E-state index in [2.05, 4.69) is 0 Å². The summed E-state index contributed by atoms with van der Waals surface area (Å²) in [5.41, 5.74) is 7.33. The summed E-state index contributed by atoms with van der Waals surface area (Å²) in [4.78, 5) is 22.7. The minimum Gasteiger partial charge on any atom is -0.366 e. The quantitative estimate of drug-likeness (QED) is 0.670. The van der Waals surface area contributed by atoms with E-state index in [0.29, 0.717) is 5.56 Å². The Morgan fingerprint density at radius 1 is 0.842 bits per heavy atom. The first kappa shape index (κ1) is 12.8. The minimum absolute atomic E-state index is 0.238. The molecule has 1 amide bonds. The van der Waals surface area contributed by atoms with E-state index < -0.39 is 5.91 Å². The lowest BCUT2D eigenvalue weighted by molar-refractivity contribution is -0.113. The number of nitrogens with two attached hydrogens (primary N) is 1. The molecule has 0 saturated heterocycles. The predicted octanol–water partition coefficient (Wildman–Crippen LogP) is 2.58. The number of carbonyl (C=O) groups is 2. The zero-order chi connectivity index (χ0) is 13.7. The van der Waals surface area contributed by atoms with Crippen molar-refractivity contribution in [3.05, 3.63) is 72.3 Å². The number of amides is 1. The fourth-order valence-corrected chi connectivity index (χ4v) is 1.82. The molecule has 0 bridgehead atoms. The van der Waals surface area contributed by atoms with Gasteiger partial charge in [0.15, 0.2) is 5.78 Å². The first-order valence-electron chi connectivity index (χ1n) is 5.85. The van der Waals surface area contributed by atoms with Crippen LogP contribution in [0.4, 0.5) is 0 Å². The summed E-state index contributed by atoms with van der Waals surface area (Å²) in [6.07, 6.45) is 2.27. The second kappa shape index (κ2) is 5.78. The maximum Gasteiger partial charge on any atom is 0.241 e. The van der Waals surface area contributed by atoms with Gasteiger partial charge in [-0.2, -0.15) is 0 Å². The van der Waals surface area contributed by atoms with Crippen LogP contribution in [-0.4, -0.2) is 11.7 Å². The summed E-state index contributed by atoms with van der Waals surface area (Å²) < 4.78 is 0. The number of benzene rings is 2. The summed E-state index contributed by atoms with van der Waals surface area (Å²) >= 11 is 0. The fourth-order valence-electron chi connectivity index (χ4n) is 1.82. The third-order valence-electron chi connectivity index (χ3n) is 2.68. The van der Waals surface area contributed by atoms with E-state index in [1.165, 1.54) is 6.08 Å². The van der Waals surface area contributed by atoms with E-state index in [1.807, 2.05) is 42.5 Å². The van der Waals surface area contributed by atoms with Gasteiger partial charge in [-0.1, -0.05) is 54.6 Å². The summed E-state index contributed by atoms with van der Waals surface area (Å²) in [7, 11) is 0. The zero-order valence-electron chi connectivity index (χ0n) is 10.2. The van der Waals surface area contributed by atoms with E-state index in [4.69, 9.17) is 5.73 Å². The van der Waals surface area contributed by atoms with Gasteiger partial charge in [-0.25, -0.2) is 0 Å². The van der Waals surface area contributed by atoms with Crippen molar-refractivity contribution in [3.63, 3.8) is 0 Å². The van der Waals surface area contributed by atoms with Gasteiger partial charge in [0, 0.05) is 11.6 Å². The molecule has 94 valence electrons. The highest BCUT2D eigenvalue weighted by Gasteiger charge is 2.09. The van der Waals surface area contributed by atoms with Gasteiger partial charge >= 0.3 is 0 Å². The SMILES string of the molecule is NC(=O)/C=C/C(=O)c1ccccc1-c1ccccc1. The van der Waals surface area contributed by atoms with Crippen LogP contribution in [0.25, 0.3) is 11.1 Å². The number of rotatable bonds is 4. The summed E-state index contributed by atoms with van der Waals surface area (Å²) in [6.45, 7) is 0. The highest BCUT2D eigenvalue weighted by atomic mass is 16.1. The topological polar surface area (TPSA) is 60.2 Å². The molecule has 2 aromatic carbocycles. The van der Waals surface area contributed by atoms with Crippen LogP contribution < -0.4 is 5.73 Å². The molecule has 0 aliphatic heterocycles. The van der Waals surface area contributed by atoms with Crippen molar-refractivity contribution < 1.29 is 9.59 Å². The summed E-state index contributed by atoms with van der Waals surface area (Å²) in [6, 6.07) is 16.9. The van der Waals surface area contributed by atoms with Gasteiger partial charge in [-0.05, 0) is 17.2 Å². The van der Waals surface area contributed by atoms with Crippen LogP contribution in [-0.2, 0) is 4.79 Å². The Morgan fingerprint density at radius 3 is 2.16 bits per heavy atom. The fraction of sp³-hybridized carbons (Fsp3) is 0. The molecule has 0 aromatic heterocycles. The van der Waals surface area contributed by atoms with Crippen molar-refractivity contribution in [2.45, 2.75) is 0 Å². The Labute approximate surface area is 111 Å². The largest absolute Gasteiger partial charge is 0.366 e. The first-order chi connectivity index (χ1) is 9.18. The van der Waals surface area contributed by atoms with Crippen molar-refractivity contribution in [1.29, 1.82) is 0 Å². The average Bonchev–Trinajstić information content (AvgIpc) is 2.45. The monoisotopic (exact) mass is 251 g/mol. The molecule has 2 rings (SSSR count). The number of hydrogen-bond acceptors (Lipinski definition) is 2. The highest BCUT2D eigenvalue weighted by Crippen LogP contribution is 2.23. The van der Waals surface area contributed by atoms with E-state index in [1.54, 1.807) is 12.1 Å². The summed E-state index contributed by atoms with van der Waals surface area (Å²) in [5, 5.41) is 0. The molecule has 0 unspecified atom stereocenters. The molecule has 0 aliphatic carbocycles. The van der Waals surface area contributed by atoms with Crippen LogP contribution in [0.2, 0.25) is 0 Å². The number of hydrogen-bond donors (Lipinski definition) is 1. The van der Waals surface area contributed by atoms with Gasteiger partial charge in [-0.15, -0.1) is 0 Å². The minimum atomic E-state index is -0.634. The van der Waals surface area contributed by atoms with E-state index in [-0.39, 0.29) is 5.78 Å². The van der Waals surface area contributed by atoms with Gasteiger partial charge in [0.25, 0.3) is 0 Å². The molecule has 2 N–H and O–H groups in total. The molecule has 3 nitrogen and oxygen atoms in total. The molecule has 0 fully saturated rings. The van der Waals surface area contributed by atoms with Gasteiger partial charge in [0.1, 0.15) is 0 Å². The molecule has 3 heteroatoms. The van der Waals surface area contributed by atoms with Gasteiger partial charge in [-0.3, -0.25) is 9.59 Å². The second-order valence-electron chi connectivity index (χ2n) is 4.01. The van der Waals surface area contributed by atoms with E-state index >= 15 is 0 Å². The predicted molar refractivity (Wildman–Crippen MR) is 74.5 cm³/mol. The normalized spacial score (nSPS) is 10.5. The average molecular weight is 251 g/mol. The molecule has 0 atom stereocenters. The second-order valence-corrected chi connectivity index (χ2v) is 4.01. The zero-order valence-corrected chi connectivity index (χ0v) is 10.2. The standard InChI is InChI=1S/C16H13NO2/c17-16(19)11-10-15(18)14-9-5-4-8-13(14)12-6-2-1-3-7-12/h1-11H,(H2,17,19)/b11-10+. The Hall–Kier alpha value is -2.68. The van der Waals surface area contributed by atoms with E-state index in [0.717, 1.165) is 17.2 Å². The molecule has 0 heterocycles. The molecule has 0 spiro atoms. The van der Waals surface area contributed by atoms with Crippen molar-refractivity contribution in [1.82, 2.24) is 0 Å².